The van der Waals surface area contributed by atoms with E-state index in [4.69, 9.17) is 23.2 Å². The van der Waals surface area contributed by atoms with Gasteiger partial charge in [-0.3, -0.25) is 9.89 Å². The Balaban J connectivity index is 1.78. The molecule has 1 saturated heterocycles. The minimum atomic E-state index is -0.103. The lowest BCUT2D eigenvalue weighted by atomic mass is 9.94. The minimum absolute atomic E-state index is 0.103. The quantitative estimate of drug-likeness (QED) is 0.863. The summed E-state index contributed by atoms with van der Waals surface area (Å²) in [6, 6.07) is 5.16. The van der Waals surface area contributed by atoms with Crippen LogP contribution >= 0.6 is 23.2 Å². The molecule has 1 unspecified atom stereocenters. The number of rotatable bonds is 2. The van der Waals surface area contributed by atoms with Gasteiger partial charge < -0.3 is 4.90 Å². The second kappa shape index (κ2) is 6.03. The molecule has 7 heteroatoms. The van der Waals surface area contributed by atoms with Crippen molar-refractivity contribution in [1.29, 1.82) is 0 Å². The van der Waals surface area contributed by atoms with E-state index in [2.05, 4.69) is 15.2 Å². The summed E-state index contributed by atoms with van der Waals surface area (Å²) in [7, 11) is 0. The highest BCUT2D eigenvalue weighted by molar-refractivity contribution is 6.34. The fraction of sp³-hybridized carbons (Fsp3) is 0.357. The van der Waals surface area contributed by atoms with E-state index in [1.807, 2.05) is 11.0 Å². The molecule has 1 fully saturated rings. The van der Waals surface area contributed by atoms with Gasteiger partial charge in [0.25, 0.3) is 5.91 Å². The largest absolute Gasteiger partial charge is 0.338 e. The molecule has 0 aliphatic carbocycles. The highest BCUT2D eigenvalue weighted by atomic mass is 35.5. The Morgan fingerprint density at radius 2 is 2.19 bits per heavy atom. The predicted molar refractivity (Wildman–Crippen MR) is 80.7 cm³/mol. The number of hydrogen-bond acceptors (Lipinski definition) is 3. The van der Waals surface area contributed by atoms with Crippen molar-refractivity contribution in [3.05, 3.63) is 46.0 Å². The van der Waals surface area contributed by atoms with Crippen LogP contribution in [0.15, 0.2) is 24.4 Å². The summed E-state index contributed by atoms with van der Waals surface area (Å²) in [6.07, 6.45) is 3.72. The fourth-order valence-electron chi connectivity index (χ4n) is 2.65. The number of H-pyrrole nitrogens is 1. The Labute approximate surface area is 132 Å². The molecule has 21 heavy (non-hydrogen) atoms. The summed E-state index contributed by atoms with van der Waals surface area (Å²) >= 11 is 11.8. The van der Waals surface area contributed by atoms with Crippen LogP contribution < -0.4 is 0 Å². The Hall–Kier alpha value is -1.59. The van der Waals surface area contributed by atoms with Crippen LogP contribution in [0.1, 0.15) is 34.8 Å². The molecule has 1 N–H and O–H groups in total. The molecule has 3 rings (SSSR count). The van der Waals surface area contributed by atoms with Gasteiger partial charge in [-0.1, -0.05) is 23.2 Å². The van der Waals surface area contributed by atoms with Crippen LogP contribution in [0.25, 0.3) is 0 Å². The zero-order valence-electron chi connectivity index (χ0n) is 11.2. The van der Waals surface area contributed by atoms with E-state index in [0.29, 0.717) is 12.1 Å². The SMILES string of the molecule is O=C(c1ccc(Cl)nc1Cl)N1CCCC(c2ccn[nH]2)C1. The number of carbonyl (C=O) groups excluding carboxylic acids is 1. The van der Waals surface area contributed by atoms with Crippen molar-refractivity contribution >= 4 is 29.1 Å². The molecule has 3 heterocycles. The number of piperidine rings is 1. The van der Waals surface area contributed by atoms with Gasteiger partial charge in [0, 0.05) is 30.9 Å². The zero-order valence-corrected chi connectivity index (χ0v) is 12.7. The number of nitrogens with one attached hydrogen (secondary N) is 1. The number of amides is 1. The fourth-order valence-corrected chi connectivity index (χ4v) is 3.08. The maximum absolute atomic E-state index is 12.6. The van der Waals surface area contributed by atoms with Gasteiger partial charge in [-0.2, -0.15) is 5.10 Å². The summed E-state index contributed by atoms with van der Waals surface area (Å²) in [5.74, 6) is 0.178. The zero-order chi connectivity index (χ0) is 14.8. The molecule has 0 spiro atoms. The standard InChI is InChI=1S/C14H14Cl2N4O/c15-12-4-3-10(13(16)18-12)14(21)20-7-1-2-9(8-20)11-5-6-17-19-11/h3-6,9H,1-2,7-8H2,(H,17,19). The van der Waals surface area contributed by atoms with Crippen LogP contribution in [-0.4, -0.2) is 39.1 Å². The van der Waals surface area contributed by atoms with Gasteiger partial charge in [-0.05, 0) is 31.0 Å². The van der Waals surface area contributed by atoms with E-state index >= 15 is 0 Å². The van der Waals surface area contributed by atoms with Gasteiger partial charge in [0.05, 0.1) is 5.56 Å². The summed E-state index contributed by atoms with van der Waals surface area (Å²) in [6.45, 7) is 1.38. The molecule has 0 radical (unpaired) electrons. The first kappa shape index (κ1) is 14.4. The van der Waals surface area contributed by atoms with Crippen LogP contribution in [0.2, 0.25) is 10.3 Å². The molecule has 2 aromatic heterocycles. The average Bonchev–Trinajstić information content (AvgIpc) is 3.01. The van der Waals surface area contributed by atoms with Crippen LogP contribution in [0.5, 0.6) is 0 Å². The third kappa shape index (κ3) is 3.04. The number of halogens is 2. The maximum Gasteiger partial charge on any atom is 0.257 e. The number of carbonyl (C=O) groups is 1. The van der Waals surface area contributed by atoms with Crippen molar-refractivity contribution in [2.24, 2.45) is 0 Å². The molecule has 1 aliphatic rings. The highest BCUT2D eigenvalue weighted by Crippen LogP contribution is 2.27. The van der Waals surface area contributed by atoms with Crippen molar-refractivity contribution in [3.8, 4) is 0 Å². The maximum atomic E-state index is 12.6. The molecular formula is C14H14Cl2N4O. The molecule has 110 valence electrons. The highest BCUT2D eigenvalue weighted by Gasteiger charge is 2.27. The van der Waals surface area contributed by atoms with E-state index in [1.54, 1.807) is 18.3 Å². The van der Waals surface area contributed by atoms with E-state index < -0.39 is 0 Å². The van der Waals surface area contributed by atoms with Crippen molar-refractivity contribution in [3.63, 3.8) is 0 Å². The number of aromatic amines is 1. The Bertz CT molecular complexity index is 644. The minimum Gasteiger partial charge on any atom is -0.338 e. The number of nitrogens with zero attached hydrogens (tertiary/aromatic N) is 3. The monoisotopic (exact) mass is 324 g/mol. The third-order valence-corrected chi connectivity index (χ3v) is 4.21. The molecule has 2 aromatic rings. The lowest BCUT2D eigenvalue weighted by molar-refractivity contribution is 0.0705. The van der Waals surface area contributed by atoms with Gasteiger partial charge in [-0.25, -0.2) is 4.98 Å². The number of pyridine rings is 1. The van der Waals surface area contributed by atoms with Gasteiger partial charge in [0.1, 0.15) is 10.3 Å². The summed E-state index contributed by atoms with van der Waals surface area (Å²) < 4.78 is 0. The second-order valence-electron chi connectivity index (χ2n) is 5.07. The van der Waals surface area contributed by atoms with E-state index in [-0.39, 0.29) is 22.1 Å². The molecule has 0 aromatic carbocycles. The smallest absolute Gasteiger partial charge is 0.257 e. The first-order valence-electron chi connectivity index (χ1n) is 6.76. The average molecular weight is 325 g/mol. The predicted octanol–water partition coefficient (Wildman–Crippen LogP) is 3.13. The van der Waals surface area contributed by atoms with Crippen molar-refractivity contribution in [2.45, 2.75) is 18.8 Å². The van der Waals surface area contributed by atoms with E-state index in [9.17, 15) is 4.79 Å². The summed E-state index contributed by atoms with van der Waals surface area (Å²) in [5.41, 5.74) is 1.46. The second-order valence-corrected chi connectivity index (χ2v) is 5.82. The lowest BCUT2D eigenvalue weighted by Gasteiger charge is -2.32. The van der Waals surface area contributed by atoms with Gasteiger partial charge >= 0.3 is 0 Å². The summed E-state index contributed by atoms with van der Waals surface area (Å²) in [5, 5.41) is 7.39. The molecule has 1 aliphatic heterocycles. The summed E-state index contributed by atoms with van der Waals surface area (Å²) in [4.78, 5) is 18.3. The molecule has 5 nitrogen and oxygen atoms in total. The Morgan fingerprint density at radius 1 is 1.33 bits per heavy atom. The molecule has 1 atom stereocenters. The van der Waals surface area contributed by atoms with Crippen LogP contribution in [0.4, 0.5) is 0 Å². The number of hydrogen-bond donors (Lipinski definition) is 1. The molecule has 0 saturated carbocycles. The topological polar surface area (TPSA) is 61.9 Å². The third-order valence-electron chi connectivity index (χ3n) is 3.72. The van der Waals surface area contributed by atoms with Gasteiger partial charge in [-0.15, -0.1) is 0 Å². The first-order chi connectivity index (χ1) is 10.1. The first-order valence-corrected chi connectivity index (χ1v) is 7.51. The Kier molecular flexibility index (Phi) is 4.12. The van der Waals surface area contributed by atoms with Gasteiger partial charge in [0.2, 0.25) is 0 Å². The van der Waals surface area contributed by atoms with Gasteiger partial charge in [0.15, 0.2) is 0 Å². The van der Waals surface area contributed by atoms with Crippen LogP contribution in [-0.2, 0) is 0 Å². The number of likely N-dealkylation sites (tertiary alicyclic amines) is 1. The van der Waals surface area contributed by atoms with Crippen molar-refractivity contribution in [2.75, 3.05) is 13.1 Å². The Morgan fingerprint density at radius 3 is 2.90 bits per heavy atom. The van der Waals surface area contributed by atoms with Crippen LogP contribution in [0.3, 0.4) is 0 Å². The van der Waals surface area contributed by atoms with E-state index in [0.717, 1.165) is 25.1 Å². The molecular weight excluding hydrogens is 311 g/mol. The lowest BCUT2D eigenvalue weighted by Crippen LogP contribution is -2.39. The van der Waals surface area contributed by atoms with E-state index in [1.165, 1.54) is 0 Å². The van der Waals surface area contributed by atoms with Crippen molar-refractivity contribution in [1.82, 2.24) is 20.1 Å². The molecule has 1 amide bonds. The van der Waals surface area contributed by atoms with Crippen molar-refractivity contribution < 1.29 is 4.79 Å². The number of aromatic nitrogens is 3. The van der Waals surface area contributed by atoms with Crippen LogP contribution in [0, 0.1) is 0 Å². The molecule has 0 bridgehead atoms. The normalized spacial score (nSPS) is 18.8.